The number of unbranched alkanes of at least 4 members (excludes halogenated alkanes) is 1. The Morgan fingerprint density at radius 3 is 2.63 bits per heavy atom. The molecule has 0 aliphatic heterocycles. The van der Waals surface area contributed by atoms with Crippen LogP contribution in [-0.2, 0) is 0 Å². The highest BCUT2D eigenvalue weighted by molar-refractivity contribution is 5.58. The van der Waals surface area contributed by atoms with Gasteiger partial charge in [-0.3, -0.25) is 0 Å². The zero-order chi connectivity index (χ0) is 14.3. The predicted molar refractivity (Wildman–Crippen MR) is 76.0 cm³/mol. The molecule has 0 amide bonds. The lowest BCUT2D eigenvalue weighted by molar-refractivity contribution is 0.199. The van der Waals surface area contributed by atoms with Crippen LogP contribution in [0.5, 0.6) is 0 Å². The van der Waals surface area contributed by atoms with Gasteiger partial charge in [0.15, 0.2) is 0 Å². The fourth-order valence-electron chi connectivity index (χ4n) is 2.06. The quantitative estimate of drug-likeness (QED) is 0.790. The summed E-state index contributed by atoms with van der Waals surface area (Å²) in [7, 11) is 0. The first-order valence-electron chi connectivity index (χ1n) is 6.72. The van der Waals surface area contributed by atoms with Crippen LogP contribution in [0.25, 0.3) is 0 Å². The monoisotopic (exact) mass is 262 g/mol. The van der Waals surface area contributed by atoms with Gasteiger partial charge in [0.25, 0.3) is 0 Å². The van der Waals surface area contributed by atoms with Crippen LogP contribution in [0.4, 0.5) is 5.69 Å². The first-order valence-corrected chi connectivity index (χ1v) is 6.72. The Kier molecular flexibility index (Phi) is 6.34. The second kappa shape index (κ2) is 7.78. The van der Waals surface area contributed by atoms with E-state index in [-0.39, 0.29) is 6.61 Å². The van der Waals surface area contributed by atoms with Crippen molar-refractivity contribution in [3.8, 4) is 6.07 Å². The van der Waals surface area contributed by atoms with E-state index in [4.69, 9.17) is 5.26 Å². The molecule has 2 N–H and O–H groups in total. The van der Waals surface area contributed by atoms with Gasteiger partial charge < -0.3 is 15.1 Å². The van der Waals surface area contributed by atoms with Gasteiger partial charge in [0.2, 0.25) is 0 Å². The fourth-order valence-corrected chi connectivity index (χ4v) is 2.06. The molecule has 104 valence electrons. The average Bonchev–Trinajstić information content (AvgIpc) is 2.42. The molecule has 1 rings (SSSR count). The normalized spacial score (nSPS) is 11.9. The number of aliphatic hydroxyl groups is 2. The molecule has 0 aliphatic rings. The van der Waals surface area contributed by atoms with Crippen LogP contribution in [0.3, 0.4) is 0 Å². The maximum Gasteiger partial charge on any atom is 0.0992 e. The molecule has 4 nitrogen and oxygen atoms in total. The van der Waals surface area contributed by atoms with Crippen LogP contribution in [0.2, 0.25) is 0 Å². The van der Waals surface area contributed by atoms with Crippen LogP contribution >= 0.6 is 0 Å². The minimum absolute atomic E-state index is 0.0553. The number of rotatable bonds is 7. The summed E-state index contributed by atoms with van der Waals surface area (Å²) in [6.45, 7) is 5.19. The number of nitrogens with zero attached hydrogens (tertiary/aromatic N) is 2. The summed E-state index contributed by atoms with van der Waals surface area (Å²) in [5.41, 5.74) is 2.21. The smallest absolute Gasteiger partial charge is 0.0992 e. The molecule has 1 aromatic carbocycles. The van der Waals surface area contributed by atoms with Gasteiger partial charge in [-0.25, -0.2) is 0 Å². The van der Waals surface area contributed by atoms with Crippen molar-refractivity contribution >= 4 is 5.69 Å². The lowest BCUT2D eigenvalue weighted by Crippen LogP contribution is -2.29. The van der Waals surface area contributed by atoms with E-state index in [1.165, 1.54) is 0 Å². The molecule has 0 radical (unpaired) electrons. The van der Waals surface area contributed by atoms with Crippen molar-refractivity contribution in [1.29, 1.82) is 5.26 Å². The number of nitriles is 1. The lowest BCUT2D eigenvalue weighted by atomic mass is 10.0. The summed E-state index contributed by atoms with van der Waals surface area (Å²) in [5, 5.41) is 28.0. The van der Waals surface area contributed by atoms with E-state index in [1.807, 2.05) is 4.90 Å². The Balaban J connectivity index is 3.13. The Bertz CT molecular complexity index is 438. The van der Waals surface area contributed by atoms with E-state index in [2.05, 4.69) is 13.0 Å². The zero-order valence-corrected chi connectivity index (χ0v) is 11.6. The van der Waals surface area contributed by atoms with Crippen LogP contribution in [-0.4, -0.2) is 29.9 Å². The number of benzene rings is 1. The predicted octanol–water partition coefficient (Wildman–Crippen LogP) is 2.21. The van der Waals surface area contributed by atoms with Gasteiger partial charge in [0, 0.05) is 24.3 Å². The van der Waals surface area contributed by atoms with Crippen molar-refractivity contribution in [1.82, 2.24) is 0 Å². The Labute approximate surface area is 114 Å². The van der Waals surface area contributed by atoms with E-state index in [0.29, 0.717) is 12.1 Å². The Morgan fingerprint density at radius 2 is 2.11 bits per heavy atom. The van der Waals surface area contributed by atoms with Crippen molar-refractivity contribution in [3.05, 3.63) is 29.3 Å². The highest BCUT2D eigenvalue weighted by atomic mass is 16.3. The summed E-state index contributed by atoms with van der Waals surface area (Å²) in [5.74, 6) is 0. The van der Waals surface area contributed by atoms with Gasteiger partial charge >= 0.3 is 0 Å². The van der Waals surface area contributed by atoms with Gasteiger partial charge in [-0.15, -0.1) is 0 Å². The summed E-state index contributed by atoms with van der Waals surface area (Å²) < 4.78 is 0. The molecule has 1 atom stereocenters. The first kappa shape index (κ1) is 15.5. The molecule has 0 spiro atoms. The summed E-state index contributed by atoms with van der Waals surface area (Å²) >= 11 is 0. The molecule has 4 heteroatoms. The van der Waals surface area contributed by atoms with E-state index in [0.717, 1.165) is 30.6 Å². The SMILES string of the molecule is CCCCN(CCO)c1cc(C#N)ccc1C(C)O. The fraction of sp³-hybridized carbons (Fsp3) is 0.533. The molecule has 19 heavy (non-hydrogen) atoms. The minimum Gasteiger partial charge on any atom is -0.395 e. The number of aliphatic hydroxyl groups excluding tert-OH is 2. The first-order chi connectivity index (χ1) is 9.13. The van der Waals surface area contributed by atoms with Crippen molar-refractivity contribution in [2.24, 2.45) is 0 Å². The van der Waals surface area contributed by atoms with E-state index in [1.54, 1.807) is 25.1 Å². The molecular weight excluding hydrogens is 240 g/mol. The highest BCUT2D eigenvalue weighted by Crippen LogP contribution is 2.27. The molecule has 0 heterocycles. The van der Waals surface area contributed by atoms with E-state index in [9.17, 15) is 10.2 Å². The van der Waals surface area contributed by atoms with Gasteiger partial charge in [-0.1, -0.05) is 19.4 Å². The van der Waals surface area contributed by atoms with Gasteiger partial charge in [0.05, 0.1) is 24.3 Å². The van der Waals surface area contributed by atoms with Crippen molar-refractivity contribution in [3.63, 3.8) is 0 Å². The van der Waals surface area contributed by atoms with Crippen molar-refractivity contribution < 1.29 is 10.2 Å². The second-order valence-electron chi connectivity index (χ2n) is 4.63. The number of hydrogen-bond donors (Lipinski definition) is 2. The molecule has 0 saturated carbocycles. The molecule has 0 fully saturated rings. The third-order valence-electron chi connectivity index (χ3n) is 3.10. The zero-order valence-electron chi connectivity index (χ0n) is 11.6. The highest BCUT2D eigenvalue weighted by Gasteiger charge is 2.14. The largest absolute Gasteiger partial charge is 0.395 e. The molecule has 1 unspecified atom stereocenters. The molecule has 0 saturated heterocycles. The Morgan fingerprint density at radius 1 is 1.37 bits per heavy atom. The molecule has 0 aromatic heterocycles. The van der Waals surface area contributed by atoms with Crippen LogP contribution in [0, 0.1) is 11.3 Å². The van der Waals surface area contributed by atoms with Gasteiger partial charge in [-0.2, -0.15) is 5.26 Å². The van der Waals surface area contributed by atoms with E-state index >= 15 is 0 Å². The maximum absolute atomic E-state index is 9.84. The molecular formula is C15H22N2O2. The third-order valence-corrected chi connectivity index (χ3v) is 3.10. The Hall–Kier alpha value is -1.57. The van der Waals surface area contributed by atoms with Crippen LogP contribution in [0.15, 0.2) is 18.2 Å². The number of hydrogen-bond acceptors (Lipinski definition) is 4. The van der Waals surface area contributed by atoms with Crippen molar-refractivity contribution in [2.75, 3.05) is 24.6 Å². The molecule has 0 aliphatic carbocycles. The van der Waals surface area contributed by atoms with Gasteiger partial charge in [-0.05, 0) is 25.5 Å². The minimum atomic E-state index is -0.592. The van der Waals surface area contributed by atoms with Crippen LogP contribution in [0.1, 0.15) is 43.9 Å². The molecule has 0 bridgehead atoms. The molecule has 1 aromatic rings. The summed E-state index contributed by atoms with van der Waals surface area (Å²) in [6.07, 6.45) is 1.48. The summed E-state index contributed by atoms with van der Waals surface area (Å²) in [6, 6.07) is 7.40. The maximum atomic E-state index is 9.84. The van der Waals surface area contributed by atoms with E-state index < -0.39 is 6.10 Å². The lowest BCUT2D eigenvalue weighted by Gasteiger charge is -2.27. The van der Waals surface area contributed by atoms with Crippen LogP contribution < -0.4 is 4.90 Å². The topological polar surface area (TPSA) is 67.5 Å². The number of anilines is 1. The summed E-state index contributed by atoms with van der Waals surface area (Å²) in [4.78, 5) is 2.03. The van der Waals surface area contributed by atoms with Crippen molar-refractivity contribution in [2.45, 2.75) is 32.8 Å². The average molecular weight is 262 g/mol. The standard InChI is InChI=1S/C15H22N2O2/c1-3-4-7-17(8-9-18)15-10-13(11-16)5-6-14(15)12(2)19/h5-6,10,12,18-19H,3-4,7-9H2,1-2H3. The third kappa shape index (κ3) is 4.23. The van der Waals surface area contributed by atoms with Gasteiger partial charge in [0.1, 0.15) is 0 Å². The second-order valence-corrected chi connectivity index (χ2v) is 4.63.